The van der Waals surface area contributed by atoms with Crippen molar-refractivity contribution in [3.63, 3.8) is 0 Å². The van der Waals surface area contributed by atoms with Crippen LogP contribution in [0.4, 0.5) is 13.2 Å². The van der Waals surface area contributed by atoms with Gasteiger partial charge in [0, 0.05) is 35.6 Å². The molecule has 0 spiro atoms. The Morgan fingerprint density at radius 2 is 1.70 bits per heavy atom. The maximum Gasteiger partial charge on any atom is 0.175 e. The number of aliphatic hydroxyl groups excluding tert-OH is 1. The molecule has 4 nitrogen and oxygen atoms in total. The number of hydrogen-bond donors (Lipinski definition) is 1. The molecule has 0 saturated heterocycles. The minimum atomic E-state index is -3.67. The molecule has 0 saturated carbocycles. The van der Waals surface area contributed by atoms with Gasteiger partial charge in [0.05, 0.1) is 4.90 Å². The number of rotatable bonds is 3. The van der Waals surface area contributed by atoms with Gasteiger partial charge in [0.25, 0.3) is 0 Å². The minimum absolute atomic E-state index is 0.0885. The topological polar surface area (TPSA) is 63.6 Å². The summed E-state index contributed by atoms with van der Waals surface area (Å²) < 4.78 is 68.9. The van der Waals surface area contributed by atoms with E-state index in [2.05, 4.69) is 0 Å². The second-order valence-electron chi connectivity index (χ2n) is 5.22. The molecule has 1 aliphatic carbocycles. The van der Waals surface area contributed by atoms with E-state index < -0.39 is 33.7 Å². The van der Waals surface area contributed by atoms with Gasteiger partial charge in [0.2, 0.25) is 0 Å². The number of benzene rings is 2. The van der Waals surface area contributed by atoms with Crippen LogP contribution in [0.15, 0.2) is 35.2 Å². The van der Waals surface area contributed by atoms with E-state index in [0.29, 0.717) is 6.07 Å². The van der Waals surface area contributed by atoms with Crippen LogP contribution in [-0.2, 0) is 9.84 Å². The second kappa shape index (κ2) is 5.24. The maximum absolute atomic E-state index is 13.9. The Morgan fingerprint density at radius 3 is 2.26 bits per heavy atom. The van der Waals surface area contributed by atoms with Crippen molar-refractivity contribution < 1.29 is 31.4 Å². The van der Waals surface area contributed by atoms with E-state index in [-0.39, 0.29) is 27.5 Å². The molecular formula is C15H11F3O4S. The number of ether oxygens (including phenoxy) is 1. The average molecular weight is 344 g/mol. The predicted octanol–water partition coefficient (Wildman–Crippen LogP) is 3.22. The molecule has 0 aliphatic heterocycles. The summed E-state index contributed by atoms with van der Waals surface area (Å²) in [6.45, 7) is 0. The monoisotopic (exact) mass is 344 g/mol. The lowest BCUT2D eigenvalue weighted by Gasteiger charge is -2.33. The van der Waals surface area contributed by atoms with Crippen LogP contribution in [0, 0.1) is 11.6 Å². The number of halogens is 3. The number of aliphatic hydroxyl groups is 1. The lowest BCUT2D eigenvalue weighted by molar-refractivity contribution is 0.0402. The summed E-state index contributed by atoms with van der Waals surface area (Å²) in [7, 11) is -3.67. The number of alkyl halides is 1. The van der Waals surface area contributed by atoms with Crippen molar-refractivity contribution in [1.82, 2.24) is 0 Å². The molecule has 2 aromatic carbocycles. The van der Waals surface area contributed by atoms with Crippen LogP contribution in [0.5, 0.6) is 11.5 Å². The molecule has 0 heterocycles. The van der Waals surface area contributed by atoms with Crippen molar-refractivity contribution in [2.24, 2.45) is 0 Å². The Balaban J connectivity index is 2.09. The largest absolute Gasteiger partial charge is 0.457 e. The zero-order valence-corrected chi connectivity index (χ0v) is 12.6. The van der Waals surface area contributed by atoms with Crippen molar-refractivity contribution in [1.29, 1.82) is 0 Å². The summed E-state index contributed by atoms with van der Waals surface area (Å²) in [6, 6.07) is 4.81. The fourth-order valence-corrected chi connectivity index (χ4v) is 3.47. The van der Waals surface area contributed by atoms with Crippen molar-refractivity contribution in [2.75, 3.05) is 6.26 Å². The zero-order chi connectivity index (χ0) is 16.9. The van der Waals surface area contributed by atoms with Crippen LogP contribution >= 0.6 is 0 Å². The van der Waals surface area contributed by atoms with Crippen molar-refractivity contribution in [2.45, 2.75) is 17.2 Å². The molecule has 3 rings (SSSR count). The lowest BCUT2D eigenvalue weighted by Crippen LogP contribution is -2.25. The highest BCUT2D eigenvalue weighted by Gasteiger charge is 2.43. The normalized spacial score (nSPS) is 19.9. The maximum atomic E-state index is 13.9. The minimum Gasteiger partial charge on any atom is -0.457 e. The lowest BCUT2D eigenvalue weighted by atomic mass is 9.82. The van der Waals surface area contributed by atoms with E-state index in [1.807, 2.05) is 0 Å². The third-order valence-corrected chi connectivity index (χ3v) is 4.67. The molecule has 1 aliphatic rings. The fourth-order valence-electron chi connectivity index (χ4n) is 2.52. The van der Waals surface area contributed by atoms with E-state index in [1.54, 1.807) is 0 Å². The highest BCUT2D eigenvalue weighted by molar-refractivity contribution is 7.90. The molecular weight excluding hydrogens is 333 g/mol. The van der Waals surface area contributed by atoms with Gasteiger partial charge < -0.3 is 9.84 Å². The van der Waals surface area contributed by atoms with Crippen LogP contribution in [-0.4, -0.2) is 19.8 Å². The van der Waals surface area contributed by atoms with Crippen molar-refractivity contribution in [3.8, 4) is 11.5 Å². The van der Waals surface area contributed by atoms with Gasteiger partial charge in [-0.2, -0.15) is 0 Å². The Kier molecular flexibility index (Phi) is 3.61. The Morgan fingerprint density at radius 1 is 1.09 bits per heavy atom. The van der Waals surface area contributed by atoms with Crippen LogP contribution in [0.1, 0.15) is 23.4 Å². The molecule has 2 atom stereocenters. The van der Waals surface area contributed by atoms with Crippen LogP contribution in [0.2, 0.25) is 0 Å². The standard InChI is InChI=1S/C15H11F3O4S/c1-23(20,21)11-3-2-10(12-13(11)15(19)14(12)18)22-9-5-7(16)4-8(17)6-9/h2-6,14-15,19H,1H3. The smallest absolute Gasteiger partial charge is 0.175 e. The molecule has 0 fully saturated rings. The quantitative estimate of drug-likeness (QED) is 0.929. The SMILES string of the molecule is CS(=O)(=O)c1ccc(Oc2cc(F)cc(F)c2)c2c1C(O)C2F. The van der Waals surface area contributed by atoms with Gasteiger partial charge in [0.15, 0.2) is 16.0 Å². The number of sulfone groups is 1. The van der Waals surface area contributed by atoms with Gasteiger partial charge in [-0.1, -0.05) is 0 Å². The molecule has 122 valence electrons. The van der Waals surface area contributed by atoms with Gasteiger partial charge in [-0.25, -0.2) is 21.6 Å². The summed E-state index contributed by atoms with van der Waals surface area (Å²) in [5.74, 6) is -2.05. The van der Waals surface area contributed by atoms with Crippen LogP contribution in [0.3, 0.4) is 0 Å². The molecule has 23 heavy (non-hydrogen) atoms. The fraction of sp³-hybridized carbons (Fsp3) is 0.200. The summed E-state index contributed by atoms with van der Waals surface area (Å²) in [4.78, 5) is -0.202. The van der Waals surface area contributed by atoms with Crippen molar-refractivity contribution >= 4 is 9.84 Å². The summed E-state index contributed by atoms with van der Waals surface area (Å²) in [5.41, 5.74) is -0.223. The number of hydrogen-bond acceptors (Lipinski definition) is 4. The van der Waals surface area contributed by atoms with E-state index in [0.717, 1.165) is 24.5 Å². The van der Waals surface area contributed by atoms with E-state index in [4.69, 9.17) is 4.74 Å². The van der Waals surface area contributed by atoms with Gasteiger partial charge in [0.1, 0.15) is 29.2 Å². The second-order valence-corrected chi connectivity index (χ2v) is 7.20. The molecule has 2 aromatic rings. The molecule has 8 heteroatoms. The summed E-state index contributed by atoms with van der Waals surface area (Å²) >= 11 is 0. The predicted molar refractivity (Wildman–Crippen MR) is 74.8 cm³/mol. The first-order valence-electron chi connectivity index (χ1n) is 6.51. The Labute approximate surface area is 130 Å². The first-order valence-corrected chi connectivity index (χ1v) is 8.40. The van der Waals surface area contributed by atoms with Crippen LogP contribution in [0.25, 0.3) is 0 Å². The Hall–Kier alpha value is -2.06. The van der Waals surface area contributed by atoms with Crippen molar-refractivity contribution in [3.05, 3.63) is 53.1 Å². The highest BCUT2D eigenvalue weighted by atomic mass is 32.2. The Bertz CT molecular complexity index is 876. The molecule has 0 aromatic heterocycles. The van der Waals surface area contributed by atoms with Gasteiger partial charge in [-0.05, 0) is 12.1 Å². The van der Waals surface area contributed by atoms with E-state index >= 15 is 0 Å². The van der Waals surface area contributed by atoms with Gasteiger partial charge in [-0.15, -0.1) is 0 Å². The molecule has 0 bridgehead atoms. The molecule has 2 unspecified atom stereocenters. The van der Waals surface area contributed by atoms with E-state index in [9.17, 15) is 26.7 Å². The van der Waals surface area contributed by atoms with Crippen LogP contribution < -0.4 is 4.74 Å². The average Bonchev–Trinajstić information content (AvgIpc) is 2.43. The third-order valence-electron chi connectivity index (χ3n) is 3.52. The van der Waals surface area contributed by atoms with E-state index in [1.165, 1.54) is 6.07 Å². The van der Waals surface area contributed by atoms with Gasteiger partial charge in [-0.3, -0.25) is 0 Å². The summed E-state index contributed by atoms with van der Waals surface area (Å²) in [6.07, 6.45) is -2.48. The number of fused-ring (bicyclic) bond motifs is 1. The first kappa shape index (κ1) is 15.8. The summed E-state index contributed by atoms with van der Waals surface area (Å²) in [5, 5.41) is 9.68. The third kappa shape index (κ3) is 2.68. The molecule has 0 amide bonds. The zero-order valence-electron chi connectivity index (χ0n) is 11.8. The van der Waals surface area contributed by atoms with Gasteiger partial charge >= 0.3 is 0 Å². The molecule has 1 N–H and O–H groups in total. The first-order chi connectivity index (χ1) is 10.7. The highest BCUT2D eigenvalue weighted by Crippen LogP contribution is 2.53. The molecule has 0 radical (unpaired) electrons.